The van der Waals surface area contributed by atoms with Gasteiger partial charge in [0.25, 0.3) is 5.24 Å². The standard InChI is InChI=1S/C5H6N2O2S.C5H6N2OS.C4H3ClN2OS.I2/c1-3-4(5(8)9-2)10-7-6-3;1-3-5(4(2)8)9-7-6-3;1-2-3(4(5)8)9-7-6-2;1-2/h1-2H3;1-2H3;1H3;. The molecule has 30 heavy (non-hydrogen) atoms. The largest absolute Gasteiger partial charge is 0.465 e. The van der Waals surface area contributed by atoms with Crippen LogP contribution in [0.15, 0.2) is 0 Å². The first kappa shape index (κ1) is 29.2. The van der Waals surface area contributed by atoms with Crippen LogP contribution in [-0.4, -0.2) is 52.9 Å². The van der Waals surface area contributed by atoms with Crippen molar-refractivity contribution in [2.45, 2.75) is 27.7 Å². The number of ketones is 1. The lowest BCUT2D eigenvalue weighted by molar-refractivity contribution is 0.0605. The minimum Gasteiger partial charge on any atom is -0.465 e. The Labute approximate surface area is 213 Å². The Morgan fingerprint density at radius 1 is 0.800 bits per heavy atom. The Morgan fingerprint density at radius 2 is 1.17 bits per heavy atom. The van der Waals surface area contributed by atoms with Gasteiger partial charge in [-0.05, 0) is 67.0 Å². The molecule has 0 N–H and O–H groups in total. The van der Waals surface area contributed by atoms with Gasteiger partial charge in [0, 0.05) is 44.2 Å². The normalized spacial score (nSPS) is 9.07. The van der Waals surface area contributed by atoms with Crippen molar-refractivity contribution in [3.63, 3.8) is 0 Å². The van der Waals surface area contributed by atoms with Gasteiger partial charge in [0.2, 0.25) is 0 Å². The molecule has 0 unspecified atom stereocenters. The van der Waals surface area contributed by atoms with Gasteiger partial charge in [0.05, 0.1) is 24.2 Å². The molecule has 0 aliphatic carbocycles. The number of hydrogen-bond acceptors (Lipinski definition) is 13. The van der Waals surface area contributed by atoms with Gasteiger partial charge >= 0.3 is 5.97 Å². The molecule has 0 spiro atoms. The molecule has 3 aromatic rings. The molecule has 16 heteroatoms. The fourth-order valence-corrected chi connectivity index (χ4v) is 3.33. The van der Waals surface area contributed by atoms with Crippen LogP contribution in [0.4, 0.5) is 0 Å². The molecule has 0 aromatic carbocycles. The first-order chi connectivity index (χ1) is 14.2. The van der Waals surface area contributed by atoms with Crippen LogP contribution in [0, 0.1) is 20.8 Å². The third kappa shape index (κ3) is 10.0. The summed E-state index contributed by atoms with van der Waals surface area (Å²) in [6, 6.07) is 0. The third-order valence-electron chi connectivity index (χ3n) is 2.82. The fourth-order valence-electron chi connectivity index (χ4n) is 1.48. The summed E-state index contributed by atoms with van der Waals surface area (Å²) in [5.74, 6) is -0.324. The molecule has 3 heterocycles. The van der Waals surface area contributed by atoms with Crippen LogP contribution in [0.3, 0.4) is 0 Å². The molecule has 0 atom stereocenters. The molecule has 0 saturated carbocycles. The minimum atomic E-state index is -0.484. The number of hydrogen-bond donors (Lipinski definition) is 0. The van der Waals surface area contributed by atoms with Gasteiger partial charge in [-0.2, -0.15) is 0 Å². The van der Waals surface area contributed by atoms with E-state index in [1.807, 2.05) is 0 Å². The number of aryl methyl sites for hydroxylation is 3. The molecule has 0 saturated heterocycles. The van der Waals surface area contributed by atoms with Crippen LogP contribution >= 0.6 is 83.4 Å². The van der Waals surface area contributed by atoms with Gasteiger partial charge in [-0.25, -0.2) is 4.79 Å². The number of esters is 1. The number of ether oxygens (including phenoxy) is 1. The molecule has 0 fully saturated rings. The van der Waals surface area contributed by atoms with Crippen molar-refractivity contribution in [3.05, 3.63) is 31.7 Å². The van der Waals surface area contributed by atoms with Gasteiger partial charge in [-0.1, -0.05) is 13.5 Å². The zero-order chi connectivity index (χ0) is 23.3. The molecule has 3 rings (SSSR count). The van der Waals surface area contributed by atoms with E-state index in [2.05, 4.69) is 70.7 Å². The van der Waals surface area contributed by atoms with E-state index < -0.39 is 5.24 Å². The monoisotopic (exact) mass is 716 g/mol. The van der Waals surface area contributed by atoms with E-state index in [0.29, 0.717) is 26.0 Å². The first-order valence-electron chi connectivity index (χ1n) is 7.49. The molecule has 3 aromatic heterocycles. The maximum atomic E-state index is 10.8. The van der Waals surface area contributed by atoms with Crippen LogP contribution in [0.25, 0.3) is 0 Å². The zero-order valence-corrected chi connectivity index (χ0v) is 23.7. The average Bonchev–Trinajstić information content (AvgIpc) is 3.45. The van der Waals surface area contributed by atoms with Crippen molar-refractivity contribution in [1.82, 2.24) is 28.8 Å². The maximum absolute atomic E-state index is 10.8. The summed E-state index contributed by atoms with van der Waals surface area (Å²) in [7, 11) is 1.33. The van der Waals surface area contributed by atoms with Crippen molar-refractivity contribution in [2.24, 2.45) is 0 Å². The Morgan fingerprint density at radius 3 is 1.37 bits per heavy atom. The number of Topliss-reactive ketones (excluding diaryl/α,β-unsaturated/α-hetero) is 1. The molecule has 164 valence electrons. The smallest absolute Gasteiger partial charge is 0.351 e. The summed E-state index contributed by atoms with van der Waals surface area (Å²) >= 11 is 12.6. The summed E-state index contributed by atoms with van der Waals surface area (Å²) in [5.41, 5.74) is 1.95. The molecule has 0 bridgehead atoms. The number of rotatable bonds is 3. The first-order valence-corrected chi connectivity index (χ1v) is 16.5. The van der Waals surface area contributed by atoms with Gasteiger partial charge in [-0.3, -0.25) is 9.59 Å². The van der Waals surface area contributed by atoms with Crippen molar-refractivity contribution in [2.75, 3.05) is 7.11 Å². The molecule has 0 amide bonds. The highest BCUT2D eigenvalue weighted by atomic mass is 128. The minimum absolute atomic E-state index is 0.0440. The number of carbonyl (C=O) groups is 3. The zero-order valence-electron chi connectivity index (χ0n) is 16.2. The SMILES string of the molecule is CC(=O)c1snnc1C.COC(=O)c1snnc1C.Cc1nnsc1C(=O)Cl.II. The summed E-state index contributed by atoms with van der Waals surface area (Å²) in [4.78, 5) is 33.4. The van der Waals surface area contributed by atoms with E-state index in [0.717, 1.165) is 40.3 Å². The Balaban J connectivity index is 0.000000404. The van der Waals surface area contributed by atoms with Gasteiger partial charge in [-0.15, -0.1) is 15.3 Å². The predicted molar refractivity (Wildman–Crippen MR) is 134 cm³/mol. The summed E-state index contributed by atoms with van der Waals surface area (Å²) < 4.78 is 15.2. The Bertz CT molecular complexity index is 915. The van der Waals surface area contributed by atoms with Crippen molar-refractivity contribution < 1.29 is 19.1 Å². The van der Waals surface area contributed by atoms with Crippen LogP contribution in [0.2, 0.25) is 0 Å². The summed E-state index contributed by atoms with van der Waals surface area (Å²) in [6.45, 7) is 6.71. The number of halogens is 3. The molecular formula is C14H15ClI2N6O4S3. The van der Waals surface area contributed by atoms with Crippen LogP contribution in [0.5, 0.6) is 0 Å². The third-order valence-corrected chi connectivity index (χ3v) is 5.69. The predicted octanol–water partition coefficient (Wildman–Crippen LogP) is 4.68. The lowest BCUT2D eigenvalue weighted by Gasteiger charge is -1.91. The molecular weight excluding hydrogens is 702 g/mol. The Hall–Kier alpha value is -0.760. The number of methoxy groups -OCH3 is 1. The van der Waals surface area contributed by atoms with Crippen molar-refractivity contribution in [3.8, 4) is 0 Å². The molecule has 0 aliphatic heterocycles. The highest BCUT2D eigenvalue weighted by molar-refractivity contribution is 15.0. The van der Waals surface area contributed by atoms with Gasteiger partial charge in [0.1, 0.15) is 9.75 Å². The number of carbonyl (C=O) groups excluding carboxylic acids is 3. The maximum Gasteiger partial charge on any atom is 0.351 e. The topological polar surface area (TPSA) is 138 Å². The molecule has 0 radical (unpaired) electrons. The van der Waals surface area contributed by atoms with E-state index in [1.54, 1.807) is 20.8 Å². The summed E-state index contributed by atoms with van der Waals surface area (Å²) in [5, 5.41) is 10.5. The van der Waals surface area contributed by atoms with Crippen LogP contribution < -0.4 is 0 Å². The molecule has 0 aliphatic rings. The highest BCUT2D eigenvalue weighted by Gasteiger charge is 2.12. The second-order valence-corrected chi connectivity index (χ2v) is 7.49. The lowest BCUT2D eigenvalue weighted by atomic mass is 10.3. The van der Waals surface area contributed by atoms with E-state index in [-0.39, 0.29) is 11.8 Å². The van der Waals surface area contributed by atoms with Gasteiger partial charge < -0.3 is 4.74 Å². The van der Waals surface area contributed by atoms with E-state index in [4.69, 9.17) is 11.6 Å². The van der Waals surface area contributed by atoms with Crippen LogP contribution in [0.1, 0.15) is 53.0 Å². The number of aromatic nitrogens is 6. The van der Waals surface area contributed by atoms with Crippen molar-refractivity contribution >= 4 is 100 Å². The quantitative estimate of drug-likeness (QED) is 0.163. The molecule has 10 nitrogen and oxygen atoms in total. The fraction of sp³-hybridized carbons (Fsp3) is 0.357. The average molecular weight is 717 g/mol. The number of nitrogens with zero attached hydrogens (tertiary/aromatic N) is 6. The lowest BCUT2D eigenvalue weighted by Crippen LogP contribution is -1.99. The Kier molecular flexibility index (Phi) is 15.6. The van der Waals surface area contributed by atoms with E-state index >= 15 is 0 Å². The second kappa shape index (κ2) is 16.0. The van der Waals surface area contributed by atoms with E-state index in [1.165, 1.54) is 14.0 Å². The van der Waals surface area contributed by atoms with Gasteiger partial charge in [0.15, 0.2) is 10.7 Å². The van der Waals surface area contributed by atoms with Crippen molar-refractivity contribution in [1.29, 1.82) is 0 Å². The second-order valence-electron chi connectivity index (χ2n) is 4.88. The van der Waals surface area contributed by atoms with Crippen LogP contribution in [-0.2, 0) is 4.74 Å². The van der Waals surface area contributed by atoms with E-state index in [9.17, 15) is 14.4 Å². The highest BCUT2D eigenvalue weighted by Crippen LogP contribution is 2.11. The summed E-state index contributed by atoms with van der Waals surface area (Å²) in [6.07, 6.45) is 0.